The van der Waals surface area contributed by atoms with E-state index in [2.05, 4.69) is 15.9 Å². The maximum atomic E-state index is 12.0. The van der Waals surface area contributed by atoms with E-state index in [1.165, 1.54) is 0 Å². The van der Waals surface area contributed by atoms with Crippen LogP contribution in [0.1, 0.15) is 27.9 Å². The first-order chi connectivity index (χ1) is 7.82. The van der Waals surface area contributed by atoms with E-state index < -0.39 is 10.8 Å². The molecule has 0 radical (unpaired) electrons. The number of carbonyl (C=O) groups is 2. The van der Waals surface area contributed by atoms with Gasteiger partial charge in [-0.05, 0) is 37.1 Å². The normalized spacial score (nSPS) is 12.2. The molecule has 0 aromatic heterocycles. The molecule has 5 heteroatoms. The van der Waals surface area contributed by atoms with Crippen molar-refractivity contribution >= 4 is 39.3 Å². The number of halogens is 2. The maximum absolute atomic E-state index is 12.0. The minimum absolute atomic E-state index is 0.232. The van der Waals surface area contributed by atoms with Crippen molar-refractivity contribution < 1.29 is 14.7 Å². The quantitative estimate of drug-likeness (QED) is 0.684. The summed E-state index contributed by atoms with van der Waals surface area (Å²) in [4.78, 5) is 21.9. The Labute approximate surface area is 113 Å². The highest BCUT2D eigenvalue weighted by atomic mass is 79.9. The van der Waals surface area contributed by atoms with Gasteiger partial charge < -0.3 is 5.11 Å². The molecule has 1 atom stereocenters. The summed E-state index contributed by atoms with van der Waals surface area (Å²) in [5.74, 6) is -1.24. The number of alkyl halides is 1. The lowest BCUT2D eigenvalue weighted by Crippen LogP contribution is -2.19. The standard InChI is InChI=1S/C12H12BrClO3/c1-6-4-10(14)7(2)3-8(6)12(17)9(13)5-11(15)16/h3-4,9H,5H2,1-2H3,(H,15,16). The molecular formula is C12H12BrClO3. The molecule has 1 unspecified atom stereocenters. The molecule has 0 bridgehead atoms. The lowest BCUT2D eigenvalue weighted by Gasteiger charge is -2.11. The molecule has 0 heterocycles. The number of ketones is 1. The Morgan fingerprint density at radius 2 is 1.94 bits per heavy atom. The monoisotopic (exact) mass is 318 g/mol. The second-order valence-corrected chi connectivity index (χ2v) is 5.36. The van der Waals surface area contributed by atoms with Gasteiger partial charge in [0, 0.05) is 10.6 Å². The molecule has 17 heavy (non-hydrogen) atoms. The highest BCUT2D eigenvalue weighted by Gasteiger charge is 2.21. The number of rotatable bonds is 4. The molecule has 1 rings (SSSR count). The van der Waals surface area contributed by atoms with Gasteiger partial charge in [-0.25, -0.2) is 0 Å². The molecule has 0 aliphatic carbocycles. The Bertz CT molecular complexity index is 471. The number of carbonyl (C=O) groups excluding carboxylic acids is 1. The van der Waals surface area contributed by atoms with Gasteiger partial charge in [-0.2, -0.15) is 0 Å². The Morgan fingerprint density at radius 3 is 2.47 bits per heavy atom. The van der Waals surface area contributed by atoms with Crippen LogP contribution in [0.3, 0.4) is 0 Å². The molecule has 0 aliphatic rings. The molecule has 0 saturated heterocycles. The van der Waals surface area contributed by atoms with Crippen molar-refractivity contribution in [2.75, 3.05) is 0 Å². The Kier molecular flexibility index (Phi) is 4.71. The SMILES string of the molecule is Cc1cc(C(=O)C(Br)CC(=O)O)c(C)cc1Cl. The lowest BCUT2D eigenvalue weighted by molar-refractivity contribution is -0.136. The zero-order valence-corrected chi connectivity index (χ0v) is 11.8. The van der Waals surface area contributed by atoms with Crippen LogP contribution in [0, 0.1) is 13.8 Å². The summed E-state index contributed by atoms with van der Waals surface area (Å²) >= 11 is 9.03. The summed E-state index contributed by atoms with van der Waals surface area (Å²) in [7, 11) is 0. The van der Waals surface area contributed by atoms with Gasteiger partial charge in [0.15, 0.2) is 5.78 Å². The molecule has 0 aliphatic heterocycles. The summed E-state index contributed by atoms with van der Waals surface area (Å²) in [6, 6.07) is 3.40. The fourth-order valence-electron chi connectivity index (χ4n) is 1.46. The van der Waals surface area contributed by atoms with Crippen molar-refractivity contribution in [3.8, 4) is 0 Å². The molecule has 0 spiro atoms. The zero-order valence-electron chi connectivity index (χ0n) is 9.46. The van der Waals surface area contributed by atoms with E-state index in [1.807, 2.05) is 0 Å². The summed E-state index contributed by atoms with van der Waals surface area (Å²) in [5, 5.41) is 9.24. The third-order valence-electron chi connectivity index (χ3n) is 2.41. The molecular weight excluding hydrogens is 307 g/mol. The van der Waals surface area contributed by atoms with Crippen LogP contribution in [0.5, 0.6) is 0 Å². The van der Waals surface area contributed by atoms with Crippen LogP contribution >= 0.6 is 27.5 Å². The molecule has 0 fully saturated rings. The van der Waals surface area contributed by atoms with Crippen molar-refractivity contribution in [3.63, 3.8) is 0 Å². The maximum Gasteiger partial charge on any atom is 0.304 e. The fraction of sp³-hybridized carbons (Fsp3) is 0.333. The van der Waals surface area contributed by atoms with Crippen LogP contribution in [-0.4, -0.2) is 21.7 Å². The Balaban J connectivity index is 3.04. The number of hydrogen-bond donors (Lipinski definition) is 1. The van der Waals surface area contributed by atoms with Crippen LogP contribution in [0.25, 0.3) is 0 Å². The molecule has 92 valence electrons. The molecule has 3 nitrogen and oxygen atoms in total. The summed E-state index contributed by atoms with van der Waals surface area (Å²) < 4.78 is 0. The fourth-order valence-corrected chi connectivity index (χ4v) is 2.20. The van der Waals surface area contributed by atoms with Gasteiger partial charge in [0.1, 0.15) is 0 Å². The largest absolute Gasteiger partial charge is 0.481 e. The van der Waals surface area contributed by atoms with E-state index in [0.717, 1.165) is 11.1 Å². The lowest BCUT2D eigenvalue weighted by atomic mass is 9.99. The predicted octanol–water partition coefficient (Wildman–Crippen LogP) is 3.38. The molecule has 1 aromatic carbocycles. The Hall–Kier alpha value is -0.870. The first-order valence-corrected chi connectivity index (χ1v) is 6.29. The van der Waals surface area contributed by atoms with E-state index >= 15 is 0 Å². The third kappa shape index (κ3) is 3.54. The van der Waals surface area contributed by atoms with Gasteiger partial charge in [0.05, 0.1) is 11.2 Å². The van der Waals surface area contributed by atoms with Crippen LogP contribution in [-0.2, 0) is 4.79 Å². The molecule has 1 aromatic rings. The number of aryl methyl sites for hydroxylation is 2. The van der Waals surface area contributed by atoms with Crippen LogP contribution in [0.2, 0.25) is 5.02 Å². The van der Waals surface area contributed by atoms with Gasteiger partial charge in [0.2, 0.25) is 0 Å². The summed E-state index contributed by atoms with van der Waals surface area (Å²) in [6.07, 6.45) is -0.236. The van der Waals surface area contributed by atoms with E-state index in [9.17, 15) is 9.59 Å². The number of carboxylic acids is 1. The van der Waals surface area contributed by atoms with Crippen LogP contribution < -0.4 is 0 Å². The van der Waals surface area contributed by atoms with Crippen molar-refractivity contribution in [3.05, 3.63) is 33.8 Å². The number of hydrogen-bond acceptors (Lipinski definition) is 2. The average Bonchev–Trinajstić information content (AvgIpc) is 2.21. The van der Waals surface area contributed by atoms with Crippen molar-refractivity contribution in [1.29, 1.82) is 0 Å². The highest BCUT2D eigenvalue weighted by Crippen LogP contribution is 2.23. The van der Waals surface area contributed by atoms with Gasteiger partial charge in [0.25, 0.3) is 0 Å². The highest BCUT2D eigenvalue weighted by molar-refractivity contribution is 9.10. The van der Waals surface area contributed by atoms with Crippen molar-refractivity contribution in [2.45, 2.75) is 25.1 Å². The van der Waals surface area contributed by atoms with Crippen molar-refractivity contribution in [1.82, 2.24) is 0 Å². The van der Waals surface area contributed by atoms with Crippen LogP contribution in [0.15, 0.2) is 12.1 Å². The number of carboxylic acid groups (broad SMARTS) is 1. The second kappa shape index (κ2) is 5.65. The zero-order chi connectivity index (χ0) is 13.2. The van der Waals surface area contributed by atoms with Gasteiger partial charge in [-0.1, -0.05) is 27.5 Å². The first kappa shape index (κ1) is 14.2. The van der Waals surface area contributed by atoms with E-state index in [4.69, 9.17) is 16.7 Å². The third-order valence-corrected chi connectivity index (χ3v) is 3.56. The molecule has 0 amide bonds. The van der Waals surface area contributed by atoms with Gasteiger partial charge in [-0.15, -0.1) is 0 Å². The number of Topliss-reactive ketones (excluding diaryl/α,β-unsaturated/α-hetero) is 1. The second-order valence-electron chi connectivity index (χ2n) is 3.85. The predicted molar refractivity (Wildman–Crippen MR) is 70.2 cm³/mol. The number of benzene rings is 1. The van der Waals surface area contributed by atoms with E-state index in [-0.39, 0.29) is 12.2 Å². The molecule has 0 saturated carbocycles. The van der Waals surface area contributed by atoms with Crippen LogP contribution in [0.4, 0.5) is 0 Å². The Morgan fingerprint density at radius 1 is 1.35 bits per heavy atom. The minimum Gasteiger partial charge on any atom is -0.481 e. The van der Waals surface area contributed by atoms with Gasteiger partial charge in [-0.3, -0.25) is 9.59 Å². The van der Waals surface area contributed by atoms with E-state index in [1.54, 1.807) is 26.0 Å². The van der Waals surface area contributed by atoms with E-state index in [0.29, 0.717) is 10.6 Å². The average molecular weight is 320 g/mol. The smallest absolute Gasteiger partial charge is 0.304 e. The summed E-state index contributed by atoms with van der Waals surface area (Å²) in [6.45, 7) is 3.58. The minimum atomic E-state index is -1.01. The summed E-state index contributed by atoms with van der Waals surface area (Å²) in [5.41, 5.74) is 2.06. The molecule has 1 N–H and O–H groups in total. The topological polar surface area (TPSA) is 54.4 Å². The van der Waals surface area contributed by atoms with Crippen molar-refractivity contribution in [2.24, 2.45) is 0 Å². The first-order valence-electron chi connectivity index (χ1n) is 4.99. The number of aliphatic carboxylic acids is 1. The van der Waals surface area contributed by atoms with Gasteiger partial charge >= 0.3 is 5.97 Å².